The van der Waals surface area contributed by atoms with Crippen LogP contribution in [-0.4, -0.2) is 68.5 Å². The van der Waals surface area contributed by atoms with Gasteiger partial charge in [-0.1, -0.05) is 139 Å². The summed E-state index contributed by atoms with van der Waals surface area (Å²) in [6.07, 6.45) is 16.4. The van der Waals surface area contributed by atoms with Crippen molar-refractivity contribution in [1.82, 2.24) is 68.5 Å². The van der Waals surface area contributed by atoms with E-state index in [1.165, 1.54) is 42.4 Å². The summed E-state index contributed by atoms with van der Waals surface area (Å²) in [6, 6.07) is 8.60. The number of nitrogens with zero attached hydrogens (tertiary/aromatic N) is 14. The number of hydrogen-bond acceptors (Lipinski definition) is 25. The zero-order valence-corrected chi connectivity index (χ0v) is 59.2. The zero-order chi connectivity index (χ0) is 65.1. The number of hydrogen-bond donors (Lipinski definition) is 5. The van der Waals surface area contributed by atoms with E-state index in [0.717, 1.165) is 21.5 Å². The molecule has 0 radical (unpaired) electrons. The molecule has 10 rings (SSSR count). The maximum atomic E-state index is 5.42. The Hall–Kier alpha value is -6.52. The molecule has 0 bridgehead atoms. The van der Waals surface area contributed by atoms with Gasteiger partial charge in [0, 0.05) is 104 Å². The SMILES string of the molecule is CC(C)(C)c1nnc(N)s1.CC(C)c1cc(N)no1.CC(C)c1cc(N)ns1.CC(C)c1ccno1.CC(C)c1ccns1.CC(C)c1cnc(N)s1.CC(C)c1cncs1.CC(C)c1nncs1.CC(C)n1ccnc1.CC(C)n1cnc(N)c1. The van der Waals surface area contributed by atoms with Crippen LogP contribution in [0.5, 0.6) is 0 Å². The number of nitrogen functional groups attached to an aromatic ring is 5. The van der Waals surface area contributed by atoms with E-state index in [4.69, 9.17) is 37.7 Å². The first-order valence-electron chi connectivity index (χ1n) is 28.3. The lowest BCUT2D eigenvalue weighted by Gasteiger charge is -2.11. The maximum absolute atomic E-state index is 5.42. The van der Waals surface area contributed by atoms with Gasteiger partial charge < -0.3 is 46.8 Å². The van der Waals surface area contributed by atoms with Crippen LogP contribution in [0.15, 0.2) is 100 Å². The first-order chi connectivity index (χ1) is 40.3. The molecule has 10 aromatic rings. The number of nitrogens with two attached hydrogens (primary N) is 5. The van der Waals surface area contributed by atoms with Gasteiger partial charge in [-0.25, -0.2) is 19.3 Å². The molecule has 0 aliphatic rings. The van der Waals surface area contributed by atoms with Crippen LogP contribution < -0.4 is 28.7 Å². The third kappa shape index (κ3) is 34.0. The molecule has 0 aliphatic carbocycles. The number of thiazole rings is 2. The molecule has 0 saturated carbocycles. The predicted molar refractivity (Wildman–Crippen MR) is 366 cm³/mol. The molecule has 10 N–H and O–H groups in total. The highest BCUT2D eigenvalue weighted by Gasteiger charge is 2.18. The average molecular weight is 1300 g/mol. The fourth-order valence-electron chi connectivity index (χ4n) is 5.46. The molecule has 10 heterocycles. The van der Waals surface area contributed by atoms with E-state index in [2.05, 4.69) is 202 Å². The first kappa shape index (κ1) is 77.5. The molecular formula is C59H97N19O2S6. The van der Waals surface area contributed by atoms with Crippen LogP contribution in [0.3, 0.4) is 0 Å². The molecule has 0 fully saturated rings. The van der Waals surface area contributed by atoms with Crippen LogP contribution in [0.4, 0.5) is 27.7 Å². The molecule has 0 amide bonds. The Morgan fingerprint density at radius 3 is 1.37 bits per heavy atom. The molecular weight excluding hydrogens is 1200 g/mol. The third-order valence-corrected chi connectivity index (χ3v) is 17.2. The molecule has 10 aromatic heterocycles. The Labute approximate surface area is 535 Å². The van der Waals surface area contributed by atoms with Gasteiger partial charge >= 0.3 is 0 Å². The summed E-state index contributed by atoms with van der Waals surface area (Å²) in [5.41, 5.74) is 30.7. The highest BCUT2D eigenvalue weighted by molar-refractivity contribution is 7.15. The molecule has 0 unspecified atom stereocenters. The lowest BCUT2D eigenvalue weighted by atomic mass is 9.98. The predicted octanol–water partition coefficient (Wildman–Crippen LogP) is 17.0. The zero-order valence-electron chi connectivity index (χ0n) is 54.3. The molecule has 0 saturated heterocycles. The molecule has 21 nitrogen and oxygen atoms in total. The first-order valence-corrected chi connectivity index (χ1v) is 33.2. The van der Waals surface area contributed by atoms with Crippen molar-refractivity contribution in [2.24, 2.45) is 0 Å². The summed E-state index contributed by atoms with van der Waals surface area (Å²) < 4.78 is 21.7. The molecule has 0 aromatic carbocycles. The van der Waals surface area contributed by atoms with Crippen LogP contribution in [0, 0.1) is 0 Å². The van der Waals surface area contributed by atoms with Crippen LogP contribution >= 0.6 is 68.4 Å². The monoisotopic (exact) mass is 1300 g/mol. The second-order valence-electron chi connectivity index (χ2n) is 22.6. The van der Waals surface area contributed by atoms with E-state index in [-0.39, 0.29) is 5.41 Å². The highest BCUT2D eigenvalue weighted by Crippen LogP contribution is 2.26. The molecule has 86 heavy (non-hydrogen) atoms. The fourth-order valence-corrected chi connectivity index (χ4v) is 9.24. The average Bonchev–Trinajstić information content (AvgIpc) is 4.49. The lowest BCUT2D eigenvalue weighted by molar-refractivity contribution is 0.371. The van der Waals surface area contributed by atoms with Crippen molar-refractivity contribution < 1.29 is 9.05 Å². The molecule has 476 valence electrons. The van der Waals surface area contributed by atoms with Crippen LogP contribution in [0.2, 0.25) is 0 Å². The third-order valence-electron chi connectivity index (χ3n) is 10.7. The Balaban J connectivity index is 0.000000478. The van der Waals surface area contributed by atoms with Crippen molar-refractivity contribution in [3.63, 3.8) is 0 Å². The summed E-state index contributed by atoms with van der Waals surface area (Å²) in [5, 5.41) is 25.7. The van der Waals surface area contributed by atoms with Crippen molar-refractivity contribution in [2.45, 2.75) is 204 Å². The van der Waals surface area contributed by atoms with E-state index in [1.54, 1.807) is 75.8 Å². The van der Waals surface area contributed by atoms with Crippen molar-refractivity contribution in [3.8, 4) is 0 Å². The summed E-state index contributed by atoms with van der Waals surface area (Å²) in [5.74, 6) is 7.22. The van der Waals surface area contributed by atoms with Gasteiger partial charge in [-0.3, -0.25) is 4.98 Å². The summed E-state index contributed by atoms with van der Waals surface area (Å²) >= 11 is 9.41. The van der Waals surface area contributed by atoms with Gasteiger partial charge in [0.25, 0.3) is 0 Å². The normalized spacial score (nSPS) is 10.6. The van der Waals surface area contributed by atoms with E-state index in [9.17, 15) is 0 Å². The minimum atomic E-state index is 0.0787. The van der Waals surface area contributed by atoms with E-state index in [0.29, 0.717) is 81.2 Å². The minimum Gasteiger partial charge on any atom is -0.383 e. The van der Waals surface area contributed by atoms with Gasteiger partial charge in [-0.05, 0) is 86.6 Å². The van der Waals surface area contributed by atoms with Crippen LogP contribution in [-0.2, 0) is 5.41 Å². The van der Waals surface area contributed by atoms with E-state index >= 15 is 0 Å². The Bertz CT molecular complexity index is 2710. The number of aromatic nitrogens is 14. The van der Waals surface area contributed by atoms with Gasteiger partial charge in [0.05, 0.1) is 24.4 Å². The van der Waals surface area contributed by atoms with Crippen molar-refractivity contribution in [1.29, 1.82) is 0 Å². The summed E-state index contributed by atoms with van der Waals surface area (Å²) in [4.78, 5) is 20.9. The standard InChI is InChI=1S/C6H11N3S.C6H11N3.C6H10N2O.2C6H10N2S.C6H10N2.C6H9NO.2C6H9NS.C5H8N2S/c1-6(2,3)4-8-9-5(7)10-4;1-5(2)9-3-6(7)8-4-9;1-4(2)5-3-6(7)8-9-5;1-4(2)5-3-8-6(7)9-5;1-4(2)5-3-6(7)8-9-5;1-6(2)8-4-3-7-5-8;1-5(2)6-3-4-7-8-6;1-5(2)6-3-7-4-8-6;1-5(2)6-3-4-7-8-6;1-4(2)5-7-6-3-8-5/h1-3H3,(H2,7,9);3-5H,7H2,1-2H3;3*3-4H,1-2H3,(H2,7,8);3-6H,1-2H3;3*3-5H,1-2H3;3-4H,1-2H3. The van der Waals surface area contributed by atoms with Crippen molar-refractivity contribution >= 4 is 96.1 Å². The second kappa shape index (κ2) is 41.6. The van der Waals surface area contributed by atoms with Crippen molar-refractivity contribution in [3.05, 3.63) is 132 Å². The smallest absolute Gasteiger partial charge is 0.203 e. The number of rotatable bonds is 9. The van der Waals surface area contributed by atoms with Crippen LogP contribution in [0.25, 0.3) is 0 Å². The molecule has 0 atom stereocenters. The van der Waals surface area contributed by atoms with Gasteiger partial charge in [0.2, 0.25) is 5.13 Å². The Morgan fingerprint density at radius 2 is 1.14 bits per heavy atom. The van der Waals surface area contributed by atoms with Crippen LogP contribution in [0.1, 0.15) is 240 Å². The Kier molecular flexibility index (Phi) is 37.4. The number of anilines is 5. The van der Waals surface area contributed by atoms with Crippen molar-refractivity contribution in [2.75, 3.05) is 28.7 Å². The quantitative estimate of drug-likeness (QED) is 0.0896. The molecule has 0 aliphatic heterocycles. The second-order valence-corrected chi connectivity index (χ2v) is 28.2. The van der Waals surface area contributed by atoms with E-state index < -0.39 is 0 Å². The molecule has 0 spiro atoms. The van der Waals surface area contributed by atoms with Gasteiger partial charge in [-0.2, -0.15) is 4.37 Å². The van der Waals surface area contributed by atoms with Gasteiger partial charge in [0.1, 0.15) is 38.7 Å². The number of imidazole rings is 2. The largest absolute Gasteiger partial charge is 0.383 e. The molecule has 27 heteroatoms. The van der Waals surface area contributed by atoms with Gasteiger partial charge in [-0.15, -0.1) is 54.4 Å². The fraction of sp³-hybridized carbons (Fsp3) is 0.525. The van der Waals surface area contributed by atoms with Gasteiger partial charge in [0.15, 0.2) is 10.9 Å². The summed E-state index contributed by atoms with van der Waals surface area (Å²) in [6.45, 7) is 44.3. The minimum absolute atomic E-state index is 0.0787. The Morgan fingerprint density at radius 1 is 0.500 bits per heavy atom. The topological polar surface area (TPSA) is 321 Å². The van der Waals surface area contributed by atoms with E-state index in [1.807, 2.05) is 73.4 Å². The lowest BCUT2D eigenvalue weighted by Crippen LogP contribution is -2.10. The summed E-state index contributed by atoms with van der Waals surface area (Å²) in [7, 11) is 0. The maximum Gasteiger partial charge on any atom is 0.203 e. The highest BCUT2D eigenvalue weighted by atomic mass is 32.1.